The lowest BCUT2D eigenvalue weighted by molar-refractivity contribution is 0.0771. The van der Waals surface area contributed by atoms with Crippen molar-refractivity contribution in [1.82, 2.24) is 0 Å². The van der Waals surface area contributed by atoms with Crippen molar-refractivity contribution in [3.63, 3.8) is 0 Å². The van der Waals surface area contributed by atoms with Gasteiger partial charge < -0.3 is 4.74 Å². The molecule has 80 valence electrons. The van der Waals surface area contributed by atoms with Gasteiger partial charge in [-0.1, -0.05) is 26.0 Å². The SMILES string of the molecule is Cc1cccc2c1C(=O)CC(C(C)C)O2. The van der Waals surface area contributed by atoms with Crippen LogP contribution in [0.15, 0.2) is 18.2 Å². The summed E-state index contributed by atoms with van der Waals surface area (Å²) in [5.41, 5.74) is 1.79. The van der Waals surface area contributed by atoms with Gasteiger partial charge in [-0.05, 0) is 24.5 Å². The molecule has 0 aromatic heterocycles. The van der Waals surface area contributed by atoms with E-state index < -0.39 is 0 Å². The van der Waals surface area contributed by atoms with Crippen LogP contribution >= 0.6 is 0 Å². The predicted octanol–water partition coefficient (Wildman–Crippen LogP) is 2.98. The molecular weight excluding hydrogens is 188 g/mol. The van der Waals surface area contributed by atoms with Crippen LogP contribution in [0.1, 0.15) is 36.2 Å². The van der Waals surface area contributed by atoms with Gasteiger partial charge in [0.05, 0.1) is 5.56 Å². The largest absolute Gasteiger partial charge is 0.489 e. The van der Waals surface area contributed by atoms with Gasteiger partial charge in [0.15, 0.2) is 5.78 Å². The first kappa shape index (κ1) is 10.2. The monoisotopic (exact) mass is 204 g/mol. The molecule has 0 saturated heterocycles. The van der Waals surface area contributed by atoms with Crippen LogP contribution in [0.4, 0.5) is 0 Å². The molecule has 0 fully saturated rings. The maximum absolute atomic E-state index is 11.9. The molecule has 0 saturated carbocycles. The van der Waals surface area contributed by atoms with Crippen LogP contribution in [0.5, 0.6) is 5.75 Å². The Bertz CT molecular complexity index is 394. The molecule has 0 bridgehead atoms. The molecule has 0 amide bonds. The summed E-state index contributed by atoms with van der Waals surface area (Å²) in [5.74, 6) is 1.35. The molecule has 0 aliphatic carbocycles. The van der Waals surface area contributed by atoms with E-state index in [1.165, 1.54) is 0 Å². The number of hydrogen-bond donors (Lipinski definition) is 0. The molecular formula is C13H16O2. The van der Waals surface area contributed by atoms with Gasteiger partial charge in [0.2, 0.25) is 0 Å². The first-order chi connectivity index (χ1) is 7.09. The molecule has 15 heavy (non-hydrogen) atoms. The van der Waals surface area contributed by atoms with E-state index >= 15 is 0 Å². The van der Waals surface area contributed by atoms with E-state index in [9.17, 15) is 4.79 Å². The number of ether oxygens (including phenoxy) is 1. The molecule has 0 spiro atoms. The fraction of sp³-hybridized carbons (Fsp3) is 0.462. The molecule has 0 N–H and O–H groups in total. The van der Waals surface area contributed by atoms with Gasteiger partial charge in [-0.15, -0.1) is 0 Å². The van der Waals surface area contributed by atoms with E-state index in [4.69, 9.17) is 4.74 Å². The zero-order valence-corrected chi connectivity index (χ0v) is 9.41. The van der Waals surface area contributed by atoms with Crippen molar-refractivity contribution >= 4 is 5.78 Å². The van der Waals surface area contributed by atoms with Gasteiger partial charge in [-0.25, -0.2) is 0 Å². The minimum absolute atomic E-state index is 0.0341. The number of aryl methyl sites for hydroxylation is 1. The Balaban J connectivity index is 2.41. The predicted molar refractivity (Wildman–Crippen MR) is 59.4 cm³/mol. The van der Waals surface area contributed by atoms with E-state index in [-0.39, 0.29) is 11.9 Å². The lowest BCUT2D eigenvalue weighted by Crippen LogP contribution is -2.31. The molecule has 1 heterocycles. The number of rotatable bonds is 1. The highest BCUT2D eigenvalue weighted by molar-refractivity contribution is 6.01. The van der Waals surface area contributed by atoms with Crippen LogP contribution < -0.4 is 4.74 Å². The number of hydrogen-bond acceptors (Lipinski definition) is 2. The van der Waals surface area contributed by atoms with Crippen LogP contribution in [0.2, 0.25) is 0 Å². The van der Waals surface area contributed by atoms with Crippen molar-refractivity contribution < 1.29 is 9.53 Å². The summed E-state index contributed by atoms with van der Waals surface area (Å²) in [7, 11) is 0. The van der Waals surface area contributed by atoms with E-state index in [0.29, 0.717) is 12.3 Å². The van der Waals surface area contributed by atoms with Crippen LogP contribution in [-0.4, -0.2) is 11.9 Å². The summed E-state index contributed by atoms with van der Waals surface area (Å²) in [6.45, 7) is 6.12. The summed E-state index contributed by atoms with van der Waals surface area (Å²) in [5, 5.41) is 0. The van der Waals surface area contributed by atoms with E-state index in [1.54, 1.807) is 0 Å². The number of benzene rings is 1. The quantitative estimate of drug-likeness (QED) is 0.703. The second kappa shape index (κ2) is 3.69. The topological polar surface area (TPSA) is 26.3 Å². The fourth-order valence-corrected chi connectivity index (χ4v) is 1.96. The molecule has 1 atom stereocenters. The van der Waals surface area contributed by atoms with Crippen molar-refractivity contribution in [2.24, 2.45) is 5.92 Å². The molecule has 1 aromatic rings. The molecule has 0 radical (unpaired) electrons. The second-order valence-electron chi connectivity index (χ2n) is 4.48. The Morgan fingerprint density at radius 2 is 2.13 bits per heavy atom. The Morgan fingerprint density at radius 3 is 2.80 bits per heavy atom. The summed E-state index contributed by atoms with van der Waals surface area (Å²) < 4.78 is 5.82. The van der Waals surface area contributed by atoms with Crippen LogP contribution in [0.25, 0.3) is 0 Å². The van der Waals surface area contributed by atoms with Gasteiger partial charge in [0.25, 0.3) is 0 Å². The number of carbonyl (C=O) groups excluding carboxylic acids is 1. The van der Waals surface area contributed by atoms with Crippen molar-refractivity contribution in [1.29, 1.82) is 0 Å². The van der Waals surface area contributed by atoms with Gasteiger partial charge in [-0.3, -0.25) is 4.79 Å². The standard InChI is InChI=1S/C13H16O2/c1-8(2)12-7-10(14)13-9(3)5-4-6-11(13)15-12/h4-6,8,12H,7H2,1-3H3. The van der Waals surface area contributed by atoms with Crippen molar-refractivity contribution in [2.45, 2.75) is 33.3 Å². The molecule has 1 aliphatic rings. The van der Waals surface area contributed by atoms with Crippen LogP contribution in [0.3, 0.4) is 0 Å². The molecule has 1 aromatic carbocycles. The van der Waals surface area contributed by atoms with E-state index in [0.717, 1.165) is 16.9 Å². The third-order valence-electron chi connectivity index (χ3n) is 2.92. The number of carbonyl (C=O) groups is 1. The summed E-state index contributed by atoms with van der Waals surface area (Å²) in [6.07, 6.45) is 0.544. The molecule has 2 rings (SSSR count). The Labute approximate surface area is 90.3 Å². The molecule has 1 aliphatic heterocycles. The van der Waals surface area contributed by atoms with Crippen molar-refractivity contribution in [2.75, 3.05) is 0 Å². The maximum Gasteiger partial charge on any atom is 0.170 e. The number of fused-ring (bicyclic) bond motifs is 1. The normalized spacial score (nSPS) is 20.0. The highest BCUT2D eigenvalue weighted by Crippen LogP contribution is 2.31. The average molecular weight is 204 g/mol. The Kier molecular flexibility index (Phi) is 2.51. The van der Waals surface area contributed by atoms with Gasteiger partial charge in [0, 0.05) is 6.42 Å². The highest BCUT2D eigenvalue weighted by atomic mass is 16.5. The number of ketones is 1. The van der Waals surface area contributed by atoms with Gasteiger partial charge in [0.1, 0.15) is 11.9 Å². The van der Waals surface area contributed by atoms with Gasteiger partial charge >= 0.3 is 0 Å². The van der Waals surface area contributed by atoms with Gasteiger partial charge in [-0.2, -0.15) is 0 Å². The molecule has 2 heteroatoms. The third-order valence-corrected chi connectivity index (χ3v) is 2.92. The van der Waals surface area contributed by atoms with E-state index in [1.807, 2.05) is 25.1 Å². The second-order valence-corrected chi connectivity index (χ2v) is 4.48. The number of Topliss-reactive ketones (excluding diaryl/α,β-unsaturated/α-hetero) is 1. The maximum atomic E-state index is 11.9. The van der Waals surface area contributed by atoms with Crippen LogP contribution in [0, 0.1) is 12.8 Å². The fourth-order valence-electron chi connectivity index (χ4n) is 1.96. The summed E-state index contributed by atoms with van der Waals surface area (Å²) in [4.78, 5) is 11.9. The first-order valence-electron chi connectivity index (χ1n) is 5.39. The van der Waals surface area contributed by atoms with E-state index in [2.05, 4.69) is 13.8 Å². The average Bonchev–Trinajstić information content (AvgIpc) is 2.17. The van der Waals surface area contributed by atoms with Crippen LogP contribution in [-0.2, 0) is 0 Å². The smallest absolute Gasteiger partial charge is 0.170 e. The lowest BCUT2D eigenvalue weighted by Gasteiger charge is -2.28. The Morgan fingerprint density at radius 1 is 1.40 bits per heavy atom. The summed E-state index contributed by atoms with van der Waals surface area (Å²) >= 11 is 0. The highest BCUT2D eigenvalue weighted by Gasteiger charge is 2.29. The first-order valence-corrected chi connectivity index (χ1v) is 5.39. The lowest BCUT2D eigenvalue weighted by atomic mass is 9.92. The minimum atomic E-state index is 0.0341. The minimum Gasteiger partial charge on any atom is -0.489 e. The molecule has 1 unspecified atom stereocenters. The summed E-state index contributed by atoms with van der Waals surface area (Å²) in [6, 6.07) is 5.77. The van der Waals surface area contributed by atoms with Crippen molar-refractivity contribution in [3.05, 3.63) is 29.3 Å². The zero-order chi connectivity index (χ0) is 11.0. The van der Waals surface area contributed by atoms with Crippen molar-refractivity contribution in [3.8, 4) is 5.75 Å². The molecule has 2 nitrogen and oxygen atoms in total. The third kappa shape index (κ3) is 1.76. The Hall–Kier alpha value is -1.31. The zero-order valence-electron chi connectivity index (χ0n) is 9.41.